The molecule has 0 bridgehead atoms. The van der Waals surface area contributed by atoms with E-state index in [0.717, 1.165) is 42.4 Å². The molecule has 1 aliphatic rings. The van der Waals surface area contributed by atoms with Gasteiger partial charge in [-0.25, -0.2) is 0 Å². The Balaban J connectivity index is 0.00000280. The summed E-state index contributed by atoms with van der Waals surface area (Å²) in [5.74, 6) is 1.78. The fourth-order valence-electron chi connectivity index (χ4n) is 3.67. The summed E-state index contributed by atoms with van der Waals surface area (Å²) < 4.78 is 5.46. The van der Waals surface area contributed by atoms with Gasteiger partial charge in [0.25, 0.3) is 0 Å². The van der Waals surface area contributed by atoms with Crippen LogP contribution in [0.15, 0.2) is 27.0 Å². The first-order chi connectivity index (χ1) is 13.3. The van der Waals surface area contributed by atoms with Gasteiger partial charge in [-0.1, -0.05) is 25.1 Å². The molecule has 1 fully saturated rings. The molecular formula is C20H32IN5OS. The highest BCUT2D eigenvalue weighted by Crippen LogP contribution is 2.27. The number of hydrogen-bond acceptors (Lipinski definition) is 5. The van der Waals surface area contributed by atoms with Crippen molar-refractivity contribution in [1.29, 1.82) is 0 Å². The second-order valence-corrected chi connectivity index (χ2v) is 7.80. The van der Waals surface area contributed by atoms with Crippen LogP contribution in [-0.2, 0) is 19.4 Å². The number of aromatic nitrogens is 1. The summed E-state index contributed by atoms with van der Waals surface area (Å²) in [6, 6.07) is 4.78. The highest BCUT2D eigenvalue weighted by molar-refractivity contribution is 14.0. The Morgan fingerprint density at radius 3 is 2.68 bits per heavy atom. The Bertz CT molecular complexity index is 704. The topological polar surface area (TPSA) is 65.7 Å². The van der Waals surface area contributed by atoms with E-state index >= 15 is 0 Å². The maximum atomic E-state index is 5.46. The van der Waals surface area contributed by atoms with Crippen LogP contribution >= 0.6 is 35.3 Å². The zero-order chi connectivity index (χ0) is 19.1. The number of nitrogens with zero attached hydrogens (tertiary/aromatic N) is 3. The Labute approximate surface area is 189 Å². The predicted octanol–water partition coefficient (Wildman–Crippen LogP) is 3.98. The number of aryl methyl sites for hydroxylation is 2. The van der Waals surface area contributed by atoms with Crippen LogP contribution in [-0.4, -0.2) is 42.7 Å². The van der Waals surface area contributed by atoms with E-state index in [2.05, 4.69) is 57.0 Å². The van der Waals surface area contributed by atoms with E-state index in [-0.39, 0.29) is 24.0 Å². The first-order valence-corrected chi connectivity index (χ1v) is 10.8. The molecule has 2 aromatic heterocycles. The molecule has 0 spiro atoms. The lowest BCUT2D eigenvalue weighted by Gasteiger charge is -2.27. The molecule has 6 nitrogen and oxygen atoms in total. The summed E-state index contributed by atoms with van der Waals surface area (Å²) in [6.45, 7) is 8.09. The molecule has 2 N–H and O–H groups in total. The lowest BCUT2D eigenvalue weighted by atomic mass is 10.1. The quantitative estimate of drug-likeness (QED) is 0.315. The Hall–Kier alpha value is -1.13. The maximum Gasteiger partial charge on any atom is 0.191 e. The molecule has 2 aromatic rings. The molecule has 0 aromatic carbocycles. The van der Waals surface area contributed by atoms with Gasteiger partial charge in [-0.15, -0.1) is 35.3 Å². The largest absolute Gasteiger partial charge is 0.361 e. The second-order valence-electron chi connectivity index (χ2n) is 6.82. The first kappa shape index (κ1) is 23.2. The molecule has 0 saturated carbocycles. The molecule has 0 aliphatic carbocycles. The van der Waals surface area contributed by atoms with Crippen LogP contribution < -0.4 is 10.6 Å². The summed E-state index contributed by atoms with van der Waals surface area (Å²) in [5, 5.41) is 13.3. The Kier molecular flexibility index (Phi) is 9.73. The van der Waals surface area contributed by atoms with Gasteiger partial charge >= 0.3 is 0 Å². The number of nitrogens with one attached hydrogen (secondary N) is 2. The highest BCUT2D eigenvalue weighted by Gasteiger charge is 2.24. The van der Waals surface area contributed by atoms with E-state index < -0.39 is 0 Å². The zero-order valence-electron chi connectivity index (χ0n) is 17.0. The minimum absolute atomic E-state index is 0. The van der Waals surface area contributed by atoms with Crippen molar-refractivity contribution in [2.75, 3.05) is 26.7 Å². The van der Waals surface area contributed by atoms with Crippen molar-refractivity contribution in [3.8, 4) is 0 Å². The van der Waals surface area contributed by atoms with Crippen LogP contribution in [0.25, 0.3) is 0 Å². The summed E-state index contributed by atoms with van der Waals surface area (Å²) in [7, 11) is 1.82. The molecule has 28 heavy (non-hydrogen) atoms. The number of halogens is 1. The fraction of sp³-hybridized carbons (Fsp3) is 0.600. The van der Waals surface area contributed by atoms with E-state index in [1.165, 1.54) is 30.8 Å². The minimum Gasteiger partial charge on any atom is -0.361 e. The standard InChI is InChI=1S/C20H31N5OS.HI/c1-4-16-15(18(5-2)26-24-16)13-22-20(21-3)23-14-17(19-9-8-12-27-19)25-10-6-7-11-25;/h8-9,12,17H,4-7,10-11,13-14H2,1-3H3,(H2,21,22,23);1H. The molecule has 3 heterocycles. The van der Waals surface area contributed by atoms with Crippen molar-refractivity contribution < 1.29 is 4.52 Å². The van der Waals surface area contributed by atoms with Gasteiger partial charge in [0, 0.05) is 37.0 Å². The van der Waals surface area contributed by atoms with E-state index in [1.54, 1.807) is 0 Å². The molecule has 1 saturated heterocycles. The third kappa shape index (κ3) is 5.70. The lowest BCUT2D eigenvalue weighted by molar-refractivity contribution is 0.249. The van der Waals surface area contributed by atoms with Crippen LogP contribution in [0.3, 0.4) is 0 Å². The van der Waals surface area contributed by atoms with Gasteiger partial charge in [-0.05, 0) is 43.8 Å². The molecular weight excluding hydrogens is 485 g/mol. The van der Waals surface area contributed by atoms with Gasteiger partial charge in [0.1, 0.15) is 5.76 Å². The van der Waals surface area contributed by atoms with Crippen molar-refractivity contribution in [2.24, 2.45) is 4.99 Å². The van der Waals surface area contributed by atoms with Gasteiger partial charge in [-0.2, -0.15) is 0 Å². The van der Waals surface area contributed by atoms with Crippen molar-refractivity contribution in [1.82, 2.24) is 20.7 Å². The highest BCUT2D eigenvalue weighted by atomic mass is 127. The molecule has 156 valence electrons. The van der Waals surface area contributed by atoms with Crippen molar-refractivity contribution in [3.05, 3.63) is 39.4 Å². The predicted molar refractivity (Wildman–Crippen MR) is 127 cm³/mol. The summed E-state index contributed by atoms with van der Waals surface area (Å²) in [4.78, 5) is 8.40. The molecule has 8 heteroatoms. The van der Waals surface area contributed by atoms with Gasteiger partial charge in [-0.3, -0.25) is 9.89 Å². The van der Waals surface area contributed by atoms with Gasteiger partial charge in [0.05, 0.1) is 11.7 Å². The van der Waals surface area contributed by atoms with Crippen molar-refractivity contribution in [2.45, 2.75) is 52.1 Å². The average molecular weight is 517 g/mol. The number of likely N-dealkylation sites (tertiary alicyclic amines) is 1. The second kappa shape index (κ2) is 11.8. The Morgan fingerprint density at radius 2 is 2.07 bits per heavy atom. The maximum absolute atomic E-state index is 5.46. The van der Waals surface area contributed by atoms with Gasteiger partial charge < -0.3 is 15.2 Å². The van der Waals surface area contributed by atoms with Crippen LogP contribution in [0, 0.1) is 0 Å². The number of hydrogen-bond donors (Lipinski definition) is 2. The minimum atomic E-state index is 0. The number of guanidine groups is 1. The molecule has 0 amide bonds. The molecule has 1 unspecified atom stereocenters. The van der Waals surface area contributed by atoms with Crippen LogP contribution in [0.2, 0.25) is 0 Å². The van der Waals surface area contributed by atoms with Crippen molar-refractivity contribution in [3.63, 3.8) is 0 Å². The smallest absolute Gasteiger partial charge is 0.191 e. The average Bonchev–Trinajstić information content (AvgIpc) is 3.46. The van der Waals surface area contributed by atoms with Gasteiger partial charge in [0.2, 0.25) is 0 Å². The van der Waals surface area contributed by atoms with E-state index in [9.17, 15) is 0 Å². The van der Waals surface area contributed by atoms with E-state index in [4.69, 9.17) is 4.52 Å². The zero-order valence-corrected chi connectivity index (χ0v) is 20.2. The summed E-state index contributed by atoms with van der Waals surface area (Å²) in [6.07, 6.45) is 4.32. The third-order valence-electron chi connectivity index (χ3n) is 5.18. The lowest BCUT2D eigenvalue weighted by Crippen LogP contribution is -2.42. The van der Waals surface area contributed by atoms with Gasteiger partial charge in [0.15, 0.2) is 5.96 Å². The van der Waals surface area contributed by atoms with Crippen LogP contribution in [0.5, 0.6) is 0 Å². The summed E-state index contributed by atoms with van der Waals surface area (Å²) >= 11 is 1.84. The monoisotopic (exact) mass is 517 g/mol. The number of rotatable bonds is 8. The first-order valence-electron chi connectivity index (χ1n) is 9.95. The Morgan fingerprint density at radius 1 is 1.29 bits per heavy atom. The third-order valence-corrected chi connectivity index (χ3v) is 6.15. The molecule has 3 rings (SSSR count). The van der Waals surface area contributed by atoms with Crippen molar-refractivity contribution >= 4 is 41.3 Å². The molecule has 0 radical (unpaired) electrons. The van der Waals surface area contributed by atoms with Crippen LogP contribution in [0.1, 0.15) is 54.6 Å². The number of aliphatic imine (C=N–C) groups is 1. The van der Waals surface area contributed by atoms with E-state index in [1.807, 2.05) is 18.4 Å². The SMILES string of the molecule is CCc1noc(CC)c1CNC(=NC)NCC(c1cccs1)N1CCCC1.I. The van der Waals surface area contributed by atoms with Crippen LogP contribution in [0.4, 0.5) is 0 Å². The summed E-state index contributed by atoms with van der Waals surface area (Å²) in [5.41, 5.74) is 2.20. The number of thiophene rings is 1. The normalized spacial score (nSPS) is 16.0. The molecule has 1 atom stereocenters. The molecule has 1 aliphatic heterocycles. The van der Waals surface area contributed by atoms with E-state index in [0.29, 0.717) is 12.6 Å². The fourth-order valence-corrected chi connectivity index (χ4v) is 4.53.